The van der Waals surface area contributed by atoms with Crippen molar-refractivity contribution >= 4 is 6.09 Å². The van der Waals surface area contributed by atoms with E-state index in [4.69, 9.17) is 0 Å². The molecule has 2 bridgehead atoms. The lowest BCUT2D eigenvalue weighted by molar-refractivity contribution is -0.337. The molecule has 0 radical (unpaired) electrons. The normalized spacial score (nSPS) is 28.9. The van der Waals surface area contributed by atoms with E-state index in [1.165, 1.54) is 0 Å². The van der Waals surface area contributed by atoms with Gasteiger partial charge in [0, 0.05) is 5.92 Å². The predicted octanol–water partition coefficient (Wildman–Crippen LogP) is 2.88. The number of amides is 1. The molecule has 2 rings (SSSR count). The largest absolute Gasteiger partial charge is 0.453 e. The quantitative estimate of drug-likeness (QED) is 0.507. The average Bonchev–Trinajstić information content (AvgIpc) is 2.83. The highest BCUT2D eigenvalue weighted by molar-refractivity contribution is 5.71. The summed E-state index contributed by atoms with van der Waals surface area (Å²) in [7, 11) is 0.746. The number of alkyl halides is 6. The van der Waals surface area contributed by atoms with Gasteiger partial charge in [-0.2, -0.15) is 26.3 Å². The lowest BCUT2D eigenvalue weighted by atomic mass is 9.83. The average molecular weight is 289 g/mol. The highest BCUT2D eigenvalue weighted by atomic mass is 19.4. The Hall–Kier alpha value is -1.41. The smallest absolute Gasteiger partial charge is 0.421 e. The molecule has 0 aromatic carbocycles. The van der Waals surface area contributed by atoms with Crippen LogP contribution in [0.3, 0.4) is 0 Å². The molecule has 1 aliphatic heterocycles. The van der Waals surface area contributed by atoms with Crippen LogP contribution in [0.5, 0.6) is 0 Å². The molecule has 1 fully saturated rings. The standard InChI is InChI=1S/C10H9F6NO2/c1-19-7(18)17-6-3-2-5(4-6)8(17,9(11,12)13)10(14,15)16/h2-3,5-6H,4H2,1H3. The second-order valence-corrected chi connectivity index (χ2v) is 4.40. The van der Waals surface area contributed by atoms with Crippen molar-refractivity contribution in [1.82, 2.24) is 4.90 Å². The summed E-state index contributed by atoms with van der Waals surface area (Å²) in [5.41, 5.74) is -4.20. The van der Waals surface area contributed by atoms with Crippen LogP contribution < -0.4 is 0 Å². The number of hydrogen-bond acceptors (Lipinski definition) is 2. The molecular weight excluding hydrogens is 280 g/mol. The van der Waals surface area contributed by atoms with Crippen LogP contribution in [0.1, 0.15) is 6.42 Å². The lowest BCUT2D eigenvalue weighted by Gasteiger charge is -2.45. The molecule has 2 atom stereocenters. The third-order valence-electron chi connectivity index (χ3n) is 3.54. The minimum Gasteiger partial charge on any atom is -0.453 e. The van der Waals surface area contributed by atoms with Gasteiger partial charge in [0.05, 0.1) is 13.2 Å². The summed E-state index contributed by atoms with van der Waals surface area (Å²) in [4.78, 5) is 11.1. The number of hydrogen-bond donors (Lipinski definition) is 0. The Kier molecular flexibility index (Phi) is 2.80. The van der Waals surface area contributed by atoms with Gasteiger partial charge >= 0.3 is 18.4 Å². The molecule has 1 amide bonds. The second kappa shape index (κ2) is 3.80. The van der Waals surface area contributed by atoms with Gasteiger partial charge in [0.15, 0.2) is 0 Å². The number of halogens is 6. The first kappa shape index (κ1) is 14.0. The van der Waals surface area contributed by atoms with Crippen molar-refractivity contribution in [1.29, 1.82) is 0 Å². The third-order valence-corrected chi connectivity index (χ3v) is 3.54. The van der Waals surface area contributed by atoms with Crippen LogP contribution in [-0.2, 0) is 4.74 Å². The van der Waals surface area contributed by atoms with E-state index in [9.17, 15) is 31.1 Å². The zero-order valence-corrected chi connectivity index (χ0v) is 9.55. The number of fused-ring (bicyclic) bond motifs is 2. The fraction of sp³-hybridized carbons (Fsp3) is 0.700. The van der Waals surface area contributed by atoms with Crippen LogP contribution in [0.25, 0.3) is 0 Å². The number of ether oxygens (including phenoxy) is 1. The van der Waals surface area contributed by atoms with E-state index in [0.29, 0.717) is 0 Å². The van der Waals surface area contributed by atoms with E-state index in [1.54, 1.807) is 0 Å². The van der Waals surface area contributed by atoms with Gasteiger partial charge in [-0.25, -0.2) is 4.79 Å². The number of carbonyl (C=O) groups excluding carboxylic acids is 1. The Morgan fingerprint density at radius 3 is 2.16 bits per heavy atom. The fourth-order valence-electron chi connectivity index (χ4n) is 2.85. The minimum absolute atomic E-state index is 0.238. The molecule has 0 saturated carbocycles. The number of nitrogens with zero attached hydrogens (tertiary/aromatic N) is 1. The number of methoxy groups -OCH3 is 1. The summed E-state index contributed by atoms with van der Waals surface area (Å²) in [6.07, 6.45) is -11.3. The third kappa shape index (κ3) is 1.56. The van der Waals surface area contributed by atoms with Crippen LogP contribution in [0, 0.1) is 5.92 Å². The maximum Gasteiger partial charge on any atom is 0.421 e. The molecule has 0 spiro atoms. The van der Waals surface area contributed by atoms with Gasteiger partial charge in [0.25, 0.3) is 0 Å². The predicted molar refractivity (Wildman–Crippen MR) is 50.1 cm³/mol. The molecule has 1 aliphatic carbocycles. The van der Waals surface area contributed by atoms with E-state index in [1.807, 2.05) is 0 Å². The van der Waals surface area contributed by atoms with Gasteiger partial charge < -0.3 is 4.74 Å². The topological polar surface area (TPSA) is 29.5 Å². The lowest BCUT2D eigenvalue weighted by Crippen LogP contribution is -2.70. The van der Waals surface area contributed by atoms with E-state index in [-0.39, 0.29) is 4.90 Å². The van der Waals surface area contributed by atoms with Gasteiger partial charge in [0.1, 0.15) is 0 Å². The van der Waals surface area contributed by atoms with Crippen LogP contribution in [0.15, 0.2) is 12.2 Å². The molecule has 19 heavy (non-hydrogen) atoms. The summed E-state index contributed by atoms with van der Waals surface area (Å²) in [5, 5.41) is 0. The van der Waals surface area contributed by atoms with E-state index in [0.717, 1.165) is 19.3 Å². The van der Waals surface area contributed by atoms with Crippen LogP contribution in [0.2, 0.25) is 0 Å². The summed E-state index contributed by atoms with van der Waals surface area (Å²) < 4.78 is 82.8. The monoisotopic (exact) mass is 289 g/mol. The molecule has 1 heterocycles. The van der Waals surface area contributed by atoms with Crippen LogP contribution in [-0.4, -0.2) is 42.0 Å². The second-order valence-electron chi connectivity index (χ2n) is 4.40. The van der Waals surface area contributed by atoms with Crippen molar-refractivity contribution in [3.05, 3.63) is 12.2 Å². The molecule has 2 unspecified atom stereocenters. The molecule has 0 aromatic heterocycles. The van der Waals surface area contributed by atoms with Crippen LogP contribution >= 0.6 is 0 Å². The van der Waals surface area contributed by atoms with Crippen molar-refractivity contribution in [2.24, 2.45) is 5.92 Å². The van der Waals surface area contributed by atoms with Gasteiger partial charge in [-0.15, -0.1) is 0 Å². The van der Waals surface area contributed by atoms with Gasteiger partial charge in [-0.1, -0.05) is 12.2 Å². The summed E-state index contributed by atoms with van der Waals surface area (Å²) in [6, 6.07) is -1.25. The number of rotatable bonds is 0. The minimum atomic E-state index is -5.64. The zero-order valence-electron chi connectivity index (χ0n) is 9.55. The first-order chi connectivity index (χ1) is 8.57. The summed E-state index contributed by atoms with van der Waals surface area (Å²) in [6.45, 7) is 0. The molecule has 1 saturated heterocycles. The van der Waals surface area contributed by atoms with Crippen molar-refractivity contribution in [3.63, 3.8) is 0 Å². The SMILES string of the molecule is COC(=O)N1C2C=CC(C2)C1(C(F)(F)F)C(F)(F)F. The Labute approximate surface area is 103 Å². The highest BCUT2D eigenvalue weighted by Crippen LogP contribution is 2.60. The van der Waals surface area contributed by atoms with Gasteiger partial charge in [-0.05, 0) is 6.42 Å². The maximum atomic E-state index is 13.1. The van der Waals surface area contributed by atoms with Crippen molar-refractivity contribution in [2.75, 3.05) is 7.11 Å². The fourth-order valence-corrected chi connectivity index (χ4v) is 2.85. The van der Waals surface area contributed by atoms with Crippen molar-refractivity contribution < 1.29 is 35.9 Å². The van der Waals surface area contributed by atoms with Crippen molar-refractivity contribution in [2.45, 2.75) is 30.4 Å². The maximum absolute atomic E-state index is 13.1. The van der Waals surface area contributed by atoms with E-state index < -0.39 is 42.4 Å². The molecule has 9 heteroatoms. The van der Waals surface area contributed by atoms with E-state index in [2.05, 4.69) is 4.74 Å². The molecule has 3 nitrogen and oxygen atoms in total. The highest BCUT2D eigenvalue weighted by Gasteiger charge is 2.82. The number of likely N-dealkylation sites (tertiary alicyclic amines) is 1. The molecule has 0 aromatic rings. The van der Waals surface area contributed by atoms with Crippen LogP contribution in [0.4, 0.5) is 31.1 Å². The number of carbonyl (C=O) groups is 1. The Balaban J connectivity index is 2.64. The Morgan fingerprint density at radius 1 is 1.21 bits per heavy atom. The van der Waals surface area contributed by atoms with Gasteiger partial charge in [-0.3, -0.25) is 4.90 Å². The molecule has 0 N–H and O–H groups in total. The van der Waals surface area contributed by atoms with Gasteiger partial charge in [0.2, 0.25) is 5.54 Å². The Morgan fingerprint density at radius 2 is 1.74 bits per heavy atom. The molecule has 2 aliphatic rings. The summed E-state index contributed by atoms with van der Waals surface area (Å²) >= 11 is 0. The van der Waals surface area contributed by atoms with E-state index >= 15 is 0 Å². The zero-order chi connectivity index (χ0) is 14.6. The molecule has 108 valence electrons. The molecular formula is C10H9F6NO2. The van der Waals surface area contributed by atoms with Crippen molar-refractivity contribution in [3.8, 4) is 0 Å². The Bertz CT molecular complexity index is 413. The first-order valence-corrected chi connectivity index (χ1v) is 5.26. The summed E-state index contributed by atoms with van der Waals surface area (Å²) in [5.74, 6) is -1.84. The first-order valence-electron chi connectivity index (χ1n) is 5.26.